The molecule has 26 heavy (non-hydrogen) atoms. The lowest BCUT2D eigenvalue weighted by molar-refractivity contribution is -0.122. The first kappa shape index (κ1) is 18.3. The minimum Gasteiger partial charge on any atom is -0.478 e. The van der Waals surface area contributed by atoms with Crippen LogP contribution in [0.2, 0.25) is 5.02 Å². The molecule has 1 saturated heterocycles. The maximum atomic E-state index is 12.2. The molecule has 1 aliphatic heterocycles. The van der Waals surface area contributed by atoms with Crippen LogP contribution in [0, 0.1) is 0 Å². The van der Waals surface area contributed by atoms with Crippen LogP contribution in [0.3, 0.4) is 0 Å². The van der Waals surface area contributed by atoms with E-state index in [0.717, 1.165) is 11.8 Å². The number of halogens is 1. The Morgan fingerprint density at radius 2 is 2.08 bits per heavy atom. The van der Waals surface area contributed by atoms with E-state index in [1.165, 1.54) is 23.1 Å². The van der Waals surface area contributed by atoms with Gasteiger partial charge in [0.25, 0.3) is 11.1 Å². The molecule has 2 amide bonds. The summed E-state index contributed by atoms with van der Waals surface area (Å²) in [5.41, 5.74) is 0.616. The molecule has 8 heteroatoms. The van der Waals surface area contributed by atoms with Crippen LogP contribution < -0.4 is 0 Å². The summed E-state index contributed by atoms with van der Waals surface area (Å²) in [5, 5.41) is 8.83. The average molecular weight is 392 g/mol. The van der Waals surface area contributed by atoms with Crippen molar-refractivity contribution in [3.8, 4) is 11.3 Å². The Morgan fingerprint density at radius 3 is 2.73 bits per heavy atom. The van der Waals surface area contributed by atoms with Gasteiger partial charge in [0.2, 0.25) is 0 Å². The molecule has 0 spiro atoms. The number of aromatic carboxylic acids is 1. The first-order chi connectivity index (χ1) is 12.4. The fourth-order valence-electron chi connectivity index (χ4n) is 2.47. The monoisotopic (exact) mass is 391 g/mol. The molecule has 1 aromatic carbocycles. The van der Waals surface area contributed by atoms with Crippen LogP contribution in [-0.2, 0) is 4.79 Å². The normalized spacial score (nSPS) is 15.9. The molecule has 6 nitrogen and oxygen atoms in total. The zero-order chi connectivity index (χ0) is 18.8. The van der Waals surface area contributed by atoms with Gasteiger partial charge in [-0.05, 0) is 42.4 Å². The quantitative estimate of drug-likeness (QED) is 0.740. The van der Waals surface area contributed by atoms with E-state index in [-0.39, 0.29) is 21.7 Å². The largest absolute Gasteiger partial charge is 0.478 e. The van der Waals surface area contributed by atoms with Crippen molar-refractivity contribution in [1.29, 1.82) is 0 Å². The van der Waals surface area contributed by atoms with E-state index in [2.05, 4.69) is 0 Å². The third-order valence-corrected chi connectivity index (χ3v) is 4.93. The van der Waals surface area contributed by atoms with Crippen molar-refractivity contribution in [3.05, 3.63) is 51.6 Å². The Kier molecular flexibility index (Phi) is 5.20. The van der Waals surface area contributed by atoms with Gasteiger partial charge in [-0.1, -0.05) is 24.6 Å². The van der Waals surface area contributed by atoms with Crippen molar-refractivity contribution < 1.29 is 23.9 Å². The van der Waals surface area contributed by atoms with Crippen LogP contribution in [0.5, 0.6) is 0 Å². The third kappa shape index (κ3) is 3.54. The Morgan fingerprint density at radius 1 is 1.31 bits per heavy atom. The number of hydrogen-bond donors (Lipinski definition) is 1. The van der Waals surface area contributed by atoms with Crippen molar-refractivity contribution in [2.75, 3.05) is 6.54 Å². The number of amides is 2. The van der Waals surface area contributed by atoms with Gasteiger partial charge in [-0.25, -0.2) is 4.79 Å². The Labute approximate surface area is 158 Å². The number of thioether (sulfide) groups is 1. The molecule has 1 fully saturated rings. The van der Waals surface area contributed by atoms with Crippen molar-refractivity contribution in [3.63, 3.8) is 0 Å². The minimum atomic E-state index is -1.11. The minimum absolute atomic E-state index is 0.00629. The number of benzene rings is 1. The smallest absolute Gasteiger partial charge is 0.337 e. The van der Waals surface area contributed by atoms with Crippen LogP contribution in [0.25, 0.3) is 17.4 Å². The molecular formula is C18H14ClNO5S. The Hall–Kier alpha value is -2.51. The first-order valence-electron chi connectivity index (χ1n) is 7.79. The molecule has 0 saturated carbocycles. The summed E-state index contributed by atoms with van der Waals surface area (Å²) in [6.45, 7) is 2.28. The summed E-state index contributed by atoms with van der Waals surface area (Å²) in [4.78, 5) is 36.6. The van der Waals surface area contributed by atoms with E-state index in [4.69, 9.17) is 21.1 Å². The zero-order valence-corrected chi connectivity index (χ0v) is 15.3. The van der Waals surface area contributed by atoms with Crippen LogP contribution in [-0.4, -0.2) is 33.7 Å². The summed E-state index contributed by atoms with van der Waals surface area (Å²) in [6.07, 6.45) is 2.22. The topological polar surface area (TPSA) is 87.8 Å². The number of hydrogen-bond acceptors (Lipinski definition) is 5. The van der Waals surface area contributed by atoms with Gasteiger partial charge < -0.3 is 9.52 Å². The van der Waals surface area contributed by atoms with Gasteiger partial charge in [0, 0.05) is 18.2 Å². The van der Waals surface area contributed by atoms with Gasteiger partial charge in [-0.2, -0.15) is 0 Å². The number of furan rings is 1. The van der Waals surface area contributed by atoms with E-state index in [1.807, 2.05) is 6.92 Å². The van der Waals surface area contributed by atoms with Crippen LogP contribution >= 0.6 is 23.4 Å². The fourth-order valence-corrected chi connectivity index (χ4v) is 3.58. The first-order valence-corrected chi connectivity index (χ1v) is 8.98. The molecular weight excluding hydrogens is 378 g/mol. The lowest BCUT2D eigenvalue weighted by Crippen LogP contribution is -2.28. The molecule has 0 bridgehead atoms. The van der Waals surface area contributed by atoms with Crippen molar-refractivity contribution in [2.24, 2.45) is 0 Å². The number of rotatable bonds is 5. The maximum Gasteiger partial charge on any atom is 0.337 e. The van der Waals surface area contributed by atoms with E-state index in [0.29, 0.717) is 35.0 Å². The summed E-state index contributed by atoms with van der Waals surface area (Å²) < 4.78 is 5.69. The van der Waals surface area contributed by atoms with Crippen LogP contribution in [0.4, 0.5) is 4.79 Å². The Balaban J connectivity index is 1.85. The lowest BCUT2D eigenvalue weighted by Gasteiger charge is -2.09. The molecule has 134 valence electrons. The highest BCUT2D eigenvalue weighted by atomic mass is 35.5. The zero-order valence-electron chi connectivity index (χ0n) is 13.7. The van der Waals surface area contributed by atoms with E-state index < -0.39 is 5.97 Å². The number of imide groups is 1. The van der Waals surface area contributed by atoms with Gasteiger partial charge in [-0.3, -0.25) is 14.5 Å². The van der Waals surface area contributed by atoms with Crippen LogP contribution in [0.1, 0.15) is 29.5 Å². The van der Waals surface area contributed by atoms with Gasteiger partial charge >= 0.3 is 5.97 Å². The Bertz CT molecular complexity index is 933. The standard InChI is InChI=1S/C18H14ClNO5S/c1-2-7-20-16(21)15(26-18(20)24)9-11-4-6-14(25-11)10-3-5-12(17(22)23)13(19)8-10/h3-6,8-9H,2,7H2,1H3,(H,22,23)/b15-9+. The highest BCUT2D eigenvalue weighted by Gasteiger charge is 2.34. The highest BCUT2D eigenvalue weighted by molar-refractivity contribution is 8.18. The molecule has 2 aromatic rings. The van der Waals surface area contributed by atoms with Gasteiger partial charge in [0.1, 0.15) is 11.5 Å². The SMILES string of the molecule is CCCN1C(=O)S/C(=C/c2ccc(-c3ccc(C(=O)O)c(Cl)c3)o2)C1=O. The molecule has 2 heterocycles. The summed E-state index contributed by atoms with van der Waals surface area (Å²) in [6, 6.07) is 7.85. The van der Waals surface area contributed by atoms with Crippen molar-refractivity contribution in [2.45, 2.75) is 13.3 Å². The van der Waals surface area contributed by atoms with E-state index in [9.17, 15) is 14.4 Å². The van der Waals surface area contributed by atoms with E-state index in [1.54, 1.807) is 18.2 Å². The number of nitrogens with zero attached hydrogens (tertiary/aromatic N) is 1. The lowest BCUT2D eigenvalue weighted by atomic mass is 10.1. The number of carboxylic acids is 1. The molecule has 3 rings (SSSR count). The third-order valence-electron chi connectivity index (χ3n) is 3.70. The molecule has 0 radical (unpaired) electrons. The van der Waals surface area contributed by atoms with Crippen molar-refractivity contribution in [1.82, 2.24) is 4.90 Å². The second-order valence-corrected chi connectivity index (χ2v) is 6.94. The van der Waals surface area contributed by atoms with Gasteiger partial charge in [0.15, 0.2) is 0 Å². The van der Waals surface area contributed by atoms with Crippen LogP contribution in [0.15, 0.2) is 39.7 Å². The van der Waals surface area contributed by atoms with Crippen molar-refractivity contribution >= 4 is 46.6 Å². The fraction of sp³-hybridized carbons (Fsp3) is 0.167. The molecule has 1 aromatic heterocycles. The highest BCUT2D eigenvalue weighted by Crippen LogP contribution is 2.34. The number of carbonyl (C=O) groups is 3. The average Bonchev–Trinajstić information content (AvgIpc) is 3.15. The molecule has 1 aliphatic rings. The summed E-state index contributed by atoms with van der Waals surface area (Å²) in [7, 11) is 0. The predicted octanol–water partition coefficient (Wildman–Crippen LogP) is 4.74. The number of carboxylic acid groups (broad SMARTS) is 1. The second kappa shape index (κ2) is 7.39. The molecule has 0 unspecified atom stereocenters. The molecule has 0 aliphatic carbocycles. The van der Waals surface area contributed by atoms with Gasteiger partial charge in [0.05, 0.1) is 15.5 Å². The maximum absolute atomic E-state index is 12.2. The molecule has 1 N–H and O–H groups in total. The predicted molar refractivity (Wildman–Crippen MR) is 99.1 cm³/mol. The molecule has 0 atom stereocenters. The summed E-state index contributed by atoms with van der Waals surface area (Å²) >= 11 is 6.86. The second-order valence-electron chi connectivity index (χ2n) is 5.54. The number of carbonyl (C=O) groups excluding carboxylic acids is 2. The van der Waals surface area contributed by atoms with Gasteiger partial charge in [-0.15, -0.1) is 0 Å². The summed E-state index contributed by atoms with van der Waals surface area (Å²) in [5.74, 6) is -0.540. The van der Waals surface area contributed by atoms with E-state index >= 15 is 0 Å².